The van der Waals surface area contributed by atoms with E-state index in [1.54, 1.807) is 48.6 Å². The number of ether oxygens (including phenoxy) is 1. The fraction of sp³-hybridized carbons (Fsp3) is 0.174. The second kappa shape index (κ2) is 9.50. The summed E-state index contributed by atoms with van der Waals surface area (Å²) in [5, 5.41) is 2.87. The summed E-state index contributed by atoms with van der Waals surface area (Å²) in [6.07, 6.45) is 3.11. The van der Waals surface area contributed by atoms with Gasteiger partial charge < -0.3 is 15.0 Å². The highest BCUT2D eigenvalue weighted by molar-refractivity contribution is 6.09. The first kappa shape index (κ1) is 20.1. The van der Waals surface area contributed by atoms with Crippen molar-refractivity contribution in [3.8, 4) is 5.75 Å². The van der Waals surface area contributed by atoms with Gasteiger partial charge in [-0.05, 0) is 42.8 Å². The van der Waals surface area contributed by atoms with Crippen LogP contribution < -0.4 is 10.1 Å². The molecule has 6 nitrogen and oxygen atoms in total. The van der Waals surface area contributed by atoms with Crippen LogP contribution in [0.3, 0.4) is 0 Å². The van der Waals surface area contributed by atoms with E-state index >= 15 is 0 Å². The molecule has 1 heterocycles. The summed E-state index contributed by atoms with van der Waals surface area (Å²) < 4.78 is 5.67. The highest BCUT2D eigenvalue weighted by Gasteiger charge is 2.19. The maximum absolute atomic E-state index is 13.0. The average molecular weight is 389 g/mol. The highest BCUT2D eigenvalue weighted by atomic mass is 16.5. The summed E-state index contributed by atoms with van der Waals surface area (Å²) in [6, 6.07) is 18.1. The molecule has 0 bridgehead atoms. The van der Waals surface area contributed by atoms with Gasteiger partial charge in [0.25, 0.3) is 11.8 Å². The lowest BCUT2D eigenvalue weighted by atomic mass is 10.1. The Morgan fingerprint density at radius 2 is 1.72 bits per heavy atom. The van der Waals surface area contributed by atoms with Crippen LogP contribution in [0, 0.1) is 6.92 Å². The van der Waals surface area contributed by atoms with Gasteiger partial charge in [0, 0.05) is 25.0 Å². The van der Waals surface area contributed by atoms with E-state index in [4.69, 9.17) is 4.74 Å². The fourth-order valence-electron chi connectivity index (χ4n) is 2.83. The summed E-state index contributed by atoms with van der Waals surface area (Å²) in [5.41, 5.74) is 2.24. The van der Waals surface area contributed by atoms with Crippen LogP contribution in [0.1, 0.15) is 26.3 Å². The molecule has 0 aliphatic carbocycles. The maximum Gasteiger partial charge on any atom is 0.255 e. The SMILES string of the molecule is Cc1cccc(C(=O)N(C)CCOc2ccccc2)c1NC(=O)c1ccncc1. The van der Waals surface area contributed by atoms with Crippen LogP contribution in [0.25, 0.3) is 0 Å². The van der Waals surface area contributed by atoms with Gasteiger partial charge in [0.15, 0.2) is 0 Å². The fourth-order valence-corrected chi connectivity index (χ4v) is 2.83. The minimum atomic E-state index is -0.286. The Labute approximate surface area is 170 Å². The summed E-state index contributed by atoms with van der Waals surface area (Å²) in [7, 11) is 1.72. The number of carbonyl (C=O) groups is 2. The first-order chi connectivity index (χ1) is 14.1. The number of hydrogen-bond donors (Lipinski definition) is 1. The van der Waals surface area contributed by atoms with Crippen molar-refractivity contribution >= 4 is 17.5 Å². The van der Waals surface area contributed by atoms with Crippen molar-refractivity contribution < 1.29 is 14.3 Å². The third-order valence-corrected chi connectivity index (χ3v) is 4.47. The number of hydrogen-bond acceptors (Lipinski definition) is 4. The number of amides is 2. The van der Waals surface area contributed by atoms with Gasteiger partial charge in [0.1, 0.15) is 12.4 Å². The van der Waals surface area contributed by atoms with Crippen molar-refractivity contribution in [2.45, 2.75) is 6.92 Å². The van der Waals surface area contributed by atoms with Crippen molar-refractivity contribution in [1.82, 2.24) is 9.88 Å². The zero-order valence-electron chi connectivity index (χ0n) is 16.5. The molecule has 0 saturated carbocycles. The smallest absolute Gasteiger partial charge is 0.255 e. The van der Waals surface area contributed by atoms with E-state index in [2.05, 4.69) is 10.3 Å². The third kappa shape index (κ3) is 5.19. The molecular weight excluding hydrogens is 366 g/mol. The van der Waals surface area contributed by atoms with E-state index in [1.807, 2.05) is 43.3 Å². The van der Waals surface area contributed by atoms with E-state index in [9.17, 15) is 9.59 Å². The van der Waals surface area contributed by atoms with Crippen LogP contribution in [0.15, 0.2) is 73.1 Å². The number of carbonyl (C=O) groups excluding carboxylic acids is 2. The number of rotatable bonds is 7. The molecule has 1 aromatic heterocycles. The molecular formula is C23H23N3O3. The monoisotopic (exact) mass is 389 g/mol. The molecule has 148 valence electrons. The molecule has 29 heavy (non-hydrogen) atoms. The van der Waals surface area contributed by atoms with Gasteiger partial charge in [-0.25, -0.2) is 0 Å². The lowest BCUT2D eigenvalue weighted by Gasteiger charge is -2.20. The number of benzene rings is 2. The number of anilines is 1. The summed E-state index contributed by atoms with van der Waals surface area (Å²) in [5.74, 6) is 0.287. The second-order valence-electron chi connectivity index (χ2n) is 6.58. The van der Waals surface area contributed by atoms with Gasteiger partial charge in [0.05, 0.1) is 17.8 Å². The van der Waals surface area contributed by atoms with Crippen molar-refractivity contribution in [2.24, 2.45) is 0 Å². The Morgan fingerprint density at radius 1 is 1.00 bits per heavy atom. The van der Waals surface area contributed by atoms with E-state index in [0.29, 0.717) is 30.0 Å². The van der Waals surface area contributed by atoms with Crippen LogP contribution in [-0.4, -0.2) is 41.9 Å². The van der Waals surface area contributed by atoms with E-state index in [1.165, 1.54) is 0 Å². The molecule has 0 radical (unpaired) electrons. The predicted molar refractivity (Wildman–Crippen MR) is 112 cm³/mol. The van der Waals surface area contributed by atoms with Crippen molar-refractivity contribution in [3.05, 3.63) is 89.7 Å². The number of aryl methyl sites for hydroxylation is 1. The third-order valence-electron chi connectivity index (χ3n) is 4.47. The van der Waals surface area contributed by atoms with Gasteiger partial charge in [0.2, 0.25) is 0 Å². The molecule has 2 amide bonds. The summed E-state index contributed by atoms with van der Waals surface area (Å²) in [4.78, 5) is 31.0. The highest BCUT2D eigenvalue weighted by Crippen LogP contribution is 2.23. The second-order valence-corrected chi connectivity index (χ2v) is 6.58. The number of nitrogens with one attached hydrogen (secondary N) is 1. The molecule has 0 aliphatic rings. The van der Waals surface area contributed by atoms with Gasteiger partial charge in [-0.1, -0.05) is 30.3 Å². The molecule has 2 aromatic carbocycles. The van der Waals surface area contributed by atoms with Crippen LogP contribution in [0.4, 0.5) is 5.69 Å². The molecule has 1 N–H and O–H groups in total. The lowest BCUT2D eigenvalue weighted by molar-refractivity contribution is 0.0774. The van der Waals surface area contributed by atoms with Crippen molar-refractivity contribution in [3.63, 3.8) is 0 Å². The Kier molecular flexibility index (Phi) is 6.58. The Hall–Kier alpha value is -3.67. The summed E-state index contributed by atoms with van der Waals surface area (Å²) >= 11 is 0. The number of likely N-dealkylation sites (N-methyl/N-ethyl adjacent to an activating group) is 1. The van der Waals surface area contributed by atoms with Gasteiger partial charge in [-0.3, -0.25) is 14.6 Å². The molecule has 3 rings (SSSR count). The predicted octanol–water partition coefficient (Wildman–Crippen LogP) is 3.79. The summed E-state index contributed by atoms with van der Waals surface area (Å²) in [6.45, 7) is 2.65. The normalized spacial score (nSPS) is 10.3. The first-order valence-electron chi connectivity index (χ1n) is 9.30. The van der Waals surface area contributed by atoms with Gasteiger partial charge >= 0.3 is 0 Å². The van der Waals surface area contributed by atoms with Crippen LogP contribution in [0.2, 0.25) is 0 Å². The molecule has 0 spiro atoms. The van der Waals surface area contributed by atoms with Crippen molar-refractivity contribution in [1.29, 1.82) is 0 Å². The number of nitrogens with zero attached hydrogens (tertiary/aromatic N) is 2. The van der Waals surface area contributed by atoms with Gasteiger partial charge in [-0.2, -0.15) is 0 Å². The topological polar surface area (TPSA) is 71.5 Å². The standard InChI is InChI=1S/C23H23N3O3/c1-17-7-6-10-20(21(17)25-22(27)18-11-13-24-14-12-18)23(28)26(2)15-16-29-19-8-4-3-5-9-19/h3-14H,15-16H2,1-2H3,(H,25,27). The molecule has 0 unspecified atom stereocenters. The number of pyridine rings is 1. The zero-order valence-corrected chi connectivity index (χ0v) is 16.5. The van der Waals surface area contributed by atoms with Crippen LogP contribution in [-0.2, 0) is 0 Å². The molecule has 6 heteroatoms. The Balaban J connectivity index is 1.69. The molecule has 0 fully saturated rings. The lowest BCUT2D eigenvalue weighted by Crippen LogP contribution is -2.32. The molecule has 0 atom stereocenters. The first-order valence-corrected chi connectivity index (χ1v) is 9.30. The van der Waals surface area contributed by atoms with Crippen molar-refractivity contribution in [2.75, 3.05) is 25.5 Å². The average Bonchev–Trinajstić information content (AvgIpc) is 2.76. The maximum atomic E-state index is 13.0. The van der Waals surface area contributed by atoms with Gasteiger partial charge in [-0.15, -0.1) is 0 Å². The van der Waals surface area contributed by atoms with E-state index in [0.717, 1.165) is 11.3 Å². The van der Waals surface area contributed by atoms with Crippen LogP contribution >= 0.6 is 0 Å². The van der Waals surface area contributed by atoms with Crippen LogP contribution in [0.5, 0.6) is 5.75 Å². The quantitative estimate of drug-likeness (QED) is 0.667. The number of aromatic nitrogens is 1. The number of para-hydroxylation sites is 2. The minimum absolute atomic E-state index is 0.185. The zero-order chi connectivity index (χ0) is 20.6. The molecule has 3 aromatic rings. The Bertz CT molecular complexity index is 975. The minimum Gasteiger partial charge on any atom is -0.492 e. The van der Waals surface area contributed by atoms with E-state index in [-0.39, 0.29) is 11.8 Å². The molecule has 0 saturated heterocycles. The largest absolute Gasteiger partial charge is 0.492 e. The van der Waals surface area contributed by atoms with E-state index < -0.39 is 0 Å². The Morgan fingerprint density at radius 3 is 2.45 bits per heavy atom. The molecule has 0 aliphatic heterocycles.